The van der Waals surface area contributed by atoms with Crippen molar-refractivity contribution in [3.63, 3.8) is 0 Å². The predicted molar refractivity (Wildman–Crippen MR) is 111 cm³/mol. The number of carboxylic acid groups (broad SMARTS) is 1. The summed E-state index contributed by atoms with van der Waals surface area (Å²) in [6, 6.07) is -0.425. The van der Waals surface area contributed by atoms with Gasteiger partial charge in [0.1, 0.15) is 11.4 Å². The Morgan fingerprint density at radius 2 is 2.03 bits per heavy atom. The van der Waals surface area contributed by atoms with Crippen LogP contribution >= 0.6 is 11.6 Å². The van der Waals surface area contributed by atoms with Crippen molar-refractivity contribution < 1.29 is 24.2 Å². The number of ether oxygens (including phenoxy) is 2. The molecule has 1 amide bonds. The number of hydrogen-bond donors (Lipinski definition) is 1. The molecule has 166 valence electrons. The van der Waals surface area contributed by atoms with Crippen molar-refractivity contribution in [2.24, 2.45) is 0 Å². The van der Waals surface area contributed by atoms with Crippen LogP contribution in [0.25, 0.3) is 0 Å². The Kier molecular flexibility index (Phi) is 6.71. The van der Waals surface area contributed by atoms with Crippen LogP contribution in [0, 0.1) is 0 Å². The molecule has 3 heterocycles. The minimum absolute atomic E-state index is 0.0776. The van der Waals surface area contributed by atoms with Crippen LogP contribution in [0.2, 0.25) is 5.28 Å². The quantitative estimate of drug-likeness (QED) is 0.712. The highest BCUT2D eigenvalue weighted by atomic mass is 35.5. The molecular formula is C20H29ClN4O5. The summed E-state index contributed by atoms with van der Waals surface area (Å²) in [5.74, 6) is -0.196. The highest BCUT2D eigenvalue weighted by Gasteiger charge is 2.38. The lowest BCUT2D eigenvalue weighted by molar-refractivity contribution is -0.137. The van der Waals surface area contributed by atoms with Gasteiger partial charge in [0.15, 0.2) is 0 Å². The fourth-order valence-corrected chi connectivity index (χ4v) is 4.05. The fraction of sp³-hybridized carbons (Fsp3) is 0.700. The number of carbonyl (C=O) groups is 2. The zero-order chi connectivity index (χ0) is 22.1. The van der Waals surface area contributed by atoms with E-state index in [-0.39, 0.29) is 24.2 Å². The number of hydrogen-bond acceptors (Lipinski definition) is 7. The Balaban J connectivity index is 2.00. The first kappa shape index (κ1) is 22.6. The van der Waals surface area contributed by atoms with Crippen molar-refractivity contribution in [1.29, 1.82) is 0 Å². The summed E-state index contributed by atoms with van der Waals surface area (Å²) in [6.07, 6.45) is 0.162. The van der Waals surface area contributed by atoms with Crippen LogP contribution in [0.1, 0.15) is 57.8 Å². The van der Waals surface area contributed by atoms with Crippen LogP contribution in [0.3, 0.4) is 0 Å². The smallest absolute Gasteiger partial charge is 0.410 e. The van der Waals surface area contributed by atoms with E-state index in [2.05, 4.69) is 21.8 Å². The van der Waals surface area contributed by atoms with Crippen LogP contribution in [-0.2, 0) is 20.7 Å². The van der Waals surface area contributed by atoms with Crippen molar-refractivity contribution in [2.45, 2.75) is 64.6 Å². The zero-order valence-corrected chi connectivity index (χ0v) is 18.6. The largest absolute Gasteiger partial charge is 0.481 e. The van der Waals surface area contributed by atoms with E-state index in [9.17, 15) is 14.7 Å². The van der Waals surface area contributed by atoms with Crippen molar-refractivity contribution >= 4 is 29.5 Å². The van der Waals surface area contributed by atoms with Gasteiger partial charge in [-0.1, -0.05) is 0 Å². The second kappa shape index (κ2) is 8.93. The first-order chi connectivity index (χ1) is 14.1. The van der Waals surface area contributed by atoms with E-state index in [0.717, 1.165) is 11.4 Å². The van der Waals surface area contributed by atoms with Crippen molar-refractivity contribution in [2.75, 3.05) is 31.2 Å². The lowest BCUT2D eigenvalue weighted by Crippen LogP contribution is -2.47. The van der Waals surface area contributed by atoms with Gasteiger partial charge in [-0.3, -0.25) is 9.69 Å². The standard InChI is InChI=1S/C20H29ClN4O5/c1-12-11-29-10-9-24(12)17-13-7-8-25(19(28)30-20(2,3)4)14(5-6-15(26)27)16(13)22-18(21)23-17/h12,14H,5-11H2,1-4H3,(H,26,27). The second-order valence-corrected chi connectivity index (χ2v) is 9.01. The molecule has 9 nitrogen and oxygen atoms in total. The highest BCUT2D eigenvalue weighted by molar-refractivity contribution is 6.28. The monoisotopic (exact) mass is 440 g/mol. The van der Waals surface area contributed by atoms with E-state index in [0.29, 0.717) is 38.4 Å². The molecule has 0 bridgehead atoms. The minimum atomic E-state index is -0.937. The molecule has 30 heavy (non-hydrogen) atoms. The number of nitrogens with zero attached hydrogens (tertiary/aromatic N) is 4. The number of rotatable bonds is 4. The number of fused-ring (bicyclic) bond motifs is 1. The second-order valence-electron chi connectivity index (χ2n) is 8.67. The maximum atomic E-state index is 12.9. The van der Waals surface area contributed by atoms with Gasteiger partial charge in [-0.05, 0) is 52.1 Å². The molecule has 10 heteroatoms. The normalized spacial score (nSPS) is 21.9. The summed E-state index contributed by atoms with van der Waals surface area (Å²) >= 11 is 6.28. The predicted octanol–water partition coefficient (Wildman–Crippen LogP) is 3.05. The molecule has 0 radical (unpaired) electrons. The summed E-state index contributed by atoms with van der Waals surface area (Å²) in [6.45, 7) is 9.69. The van der Waals surface area contributed by atoms with E-state index in [1.54, 1.807) is 25.7 Å². The maximum Gasteiger partial charge on any atom is 0.410 e. The topological polar surface area (TPSA) is 105 Å². The lowest BCUT2D eigenvalue weighted by atomic mass is 9.94. The molecule has 1 aromatic rings. The first-order valence-electron chi connectivity index (χ1n) is 10.2. The van der Waals surface area contributed by atoms with Crippen LogP contribution in [0.5, 0.6) is 0 Å². The molecule has 3 rings (SSSR count). The molecular weight excluding hydrogens is 412 g/mol. The molecule has 2 aliphatic rings. The number of aromatic nitrogens is 2. The average molecular weight is 441 g/mol. The molecule has 0 aromatic carbocycles. The Labute approximate surface area is 181 Å². The van der Waals surface area contributed by atoms with Gasteiger partial charge in [0, 0.05) is 25.1 Å². The third kappa shape index (κ3) is 5.13. The van der Waals surface area contributed by atoms with Crippen LogP contribution < -0.4 is 4.90 Å². The Morgan fingerprint density at radius 3 is 2.67 bits per heavy atom. The van der Waals surface area contributed by atoms with Gasteiger partial charge in [-0.25, -0.2) is 14.8 Å². The summed E-state index contributed by atoms with van der Waals surface area (Å²) in [4.78, 5) is 36.8. The number of aliphatic carboxylic acids is 1. The number of carbonyl (C=O) groups excluding carboxylic acids is 1. The third-order valence-corrected chi connectivity index (χ3v) is 5.35. The molecule has 2 unspecified atom stereocenters. The van der Waals surface area contributed by atoms with Crippen molar-refractivity contribution in [1.82, 2.24) is 14.9 Å². The van der Waals surface area contributed by atoms with Gasteiger partial charge >= 0.3 is 12.1 Å². The summed E-state index contributed by atoms with van der Waals surface area (Å²) in [5, 5.41) is 9.31. The van der Waals surface area contributed by atoms with Crippen LogP contribution in [0.15, 0.2) is 0 Å². The molecule has 0 spiro atoms. The van der Waals surface area contributed by atoms with E-state index in [4.69, 9.17) is 21.1 Å². The van der Waals surface area contributed by atoms with Crippen molar-refractivity contribution in [3.05, 3.63) is 16.5 Å². The number of carboxylic acids is 1. The molecule has 2 aliphatic heterocycles. The molecule has 0 aliphatic carbocycles. The van der Waals surface area contributed by atoms with Crippen LogP contribution in [0.4, 0.5) is 10.6 Å². The van der Waals surface area contributed by atoms with E-state index in [1.807, 2.05) is 0 Å². The van der Waals surface area contributed by atoms with Gasteiger partial charge in [0.2, 0.25) is 5.28 Å². The molecule has 1 saturated heterocycles. The minimum Gasteiger partial charge on any atom is -0.481 e. The maximum absolute atomic E-state index is 12.9. The lowest BCUT2D eigenvalue weighted by Gasteiger charge is -2.40. The number of amides is 1. The van der Waals surface area contributed by atoms with E-state index in [1.165, 1.54) is 0 Å². The molecule has 2 atom stereocenters. The van der Waals surface area contributed by atoms with Gasteiger partial charge in [0.05, 0.1) is 31.0 Å². The Bertz CT molecular complexity index is 813. The average Bonchev–Trinajstić information content (AvgIpc) is 2.64. The number of morpholine rings is 1. The Hall–Kier alpha value is -2.13. The third-order valence-electron chi connectivity index (χ3n) is 5.18. The Morgan fingerprint density at radius 1 is 1.30 bits per heavy atom. The van der Waals surface area contributed by atoms with E-state index < -0.39 is 23.7 Å². The summed E-state index contributed by atoms with van der Waals surface area (Å²) < 4.78 is 11.1. The summed E-state index contributed by atoms with van der Waals surface area (Å²) in [7, 11) is 0. The first-order valence-corrected chi connectivity index (χ1v) is 10.6. The zero-order valence-electron chi connectivity index (χ0n) is 17.9. The SMILES string of the molecule is CC1COCCN1c1nc(Cl)nc2c1CCN(C(=O)OC(C)(C)C)C2CCC(=O)O. The fourth-order valence-electron chi connectivity index (χ4n) is 3.88. The molecule has 1 N–H and O–H groups in total. The van der Waals surface area contributed by atoms with Crippen LogP contribution in [-0.4, -0.2) is 70.0 Å². The number of halogens is 1. The van der Waals surface area contributed by atoms with Gasteiger partial charge in [-0.2, -0.15) is 0 Å². The van der Waals surface area contributed by atoms with Crippen molar-refractivity contribution in [3.8, 4) is 0 Å². The summed E-state index contributed by atoms with van der Waals surface area (Å²) in [5.41, 5.74) is 0.845. The molecule has 0 saturated carbocycles. The molecule has 1 aromatic heterocycles. The van der Waals surface area contributed by atoms with E-state index >= 15 is 0 Å². The van der Waals surface area contributed by atoms with Gasteiger partial charge < -0.3 is 19.5 Å². The highest BCUT2D eigenvalue weighted by Crippen LogP contribution is 2.38. The van der Waals surface area contributed by atoms with Gasteiger partial charge in [-0.15, -0.1) is 0 Å². The molecule has 1 fully saturated rings. The number of anilines is 1. The van der Waals surface area contributed by atoms with Gasteiger partial charge in [0.25, 0.3) is 0 Å².